The van der Waals surface area contributed by atoms with Crippen LogP contribution in [0.4, 0.5) is 14.5 Å². The van der Waals surface area contributed by atoms with Crippen molar-refractivity contribution in [3.05, 3.63) is 64.7 Å². The van der Waals surface area contributed by atoms with E-state index in [1.165, 1.54) is 29.3 Å². The molecule has 0 amide bonds. The molecule has 2 atom stereocenters. The minimum atomic E-state index is -0.556. The standard InChI is InChI=1S/C24H30F2N2O.2ClH/c1-23(2)22-14-16-18(6-4-9-21(16)27)24(23,3)10-11-28(22)12-13-29-15-17-19(25)7-5-8-20(17)26;;/h4-9,22H,10-15,27H2,1-3H3;2*1H/t22-,24+;;/m1../s1. The number of nitrogens with zero attached hydrogens (tertiary/aromatic N) is 1. The molecule has 2 N–H and O–H groups in total. The van der Waals surface area contributed by atoms with Gasteiger partial charge in [0.05, 0.1) is 13.2 Å². The first-order valence-corrected chi connectivity index (χ1v) is 10.4. The van der Waals surface area contributed by atoms with E-state index in [0.29, 0.717) is 12.6 Å². The van der Waals surface area contributed by atoms with Crippen LogP contribution >= 0.6 is 24.8 Å². The number of piperidine rings is 1. The predicted molar refractivity (Wildman–Crippen MR) is 126 cm³/mol. The van der Waals surface area contributed by atoms with Crippen molar-refractivity contribution in [1.29, 1.82) is 0 Å². The zero-order chi connectivity index (χ0) is 20.8. The number of benzene rings is 2. The number of anilines is 1. The van der Waals surface area contributed by atoms with Gasteiger partial charge in [0.15, 0.2) is 0 Å². The summed E-state index contributed by atoms with van der Waals surface area (Å²) in [5.74, 6) is -1.11. The predicted octanol–water partition coefficient (Wildman–Crippen LogP) is 5.52. The van der Waals surface area contributed by atoms with Crippen LogP contribution in [-0.4, -0.2) is 30.6 Å². The topological polar surface area (TPSA) is 38.5 Å². The summed E-state index contributed by atoms with van der Waals surface area (Å²) in [4.78, 5) is 2.47. The monoisotopic (exact) mass is 472 g/mol. The zero-order valence-electron chi connectivity index (χ0n) is 18.3. The van der Waals surface area contributed by atoms with E-state index in [4.69, 9.17) is 10.5 Å². The number of likely N-dealkylation sites (tertiary alicyclic amines) is 1. The highest BCUT2D eigenvalue weighted by Crippen LogP contribution is 2.56. The number of fused-ring (bicyclic) bond motifs is 4. The van der Waals surface area contributed by atoms with Crippen LogP contribution in [0.5, 0.6) is 0 Å². The van der Waals surface area contributed by atoms with Gasteiger partial charge >= 0.3 is 0 Å². The van der Waals surface area contributed by atoms with Gasteiger partial charge in [0.1, 0.15) is 11.6 Å². The van der Waals surface area contributed by atoms with Crippen molar-refractivity contribution in [1.82, 2.24) is 4.90 Å². The van der Waals surface area contributed by atoms with Crippen molar-refractivity contribution in [2.45, 2.75) is 51.7 Å². The molecule has 2 bridgehead atoms. The molecule has 3 nitrogen and oxygen atoms in total. The van der Waals surface area contributed by atoms with Gasteiger partial charge in [0, 0.05) is 29.3 Å². The molecule has 0 aromatic heterocycles. The first-order valence-electron chi connectivity index (χ1n) is 10.4. The third-order valence-corrected chi connectivity index (χ3v) is 7.63. The van der Waals surface area contributed by atoms with Gasteiger partial charge in [-0.3, -0.25) is 4.90 Å². The highest BCUT2D eigenvalue weighted by molar-refractivity contribution is 5.85. The first kappa shape index (κ1) is 25.9. The molecular weight excluding hydrogens is 441 g/mol. The molecule has 2 aliphatic rings. The average molecular weight is 473 g/mol. The smallest absolute Gasteiger partial charge is 0.131 e. The Bertz CT molecular complexity index is 904. The Morgan fingerprint density at radius 3 is 2.39 bits per heavy atom. The van der Waals surface area contributed by atoms with E-state index in [1.54, 1.807) is 0 Å². The highest BCUT2D eigenvalue weighted by Gasteiger charge is 2.55. The van der Waals surface area contributed by atoms with Crippen molar-refractivity contribution in [3.63, 3.8) is 0 Å². The Kier molecular flexibility index (Phi) is 8.02. The van der Waals surface area contributed by atoms with Crippen molar-refractivity contribution < 1.29 is 13.5 Å². The Labute approximate surface area is 196 Å². The summed E-state index contributed by atoms with van der Waals surface area (Å²) in [5, 5.41) is 0. The van der Waals surface area contributed by atoms with Crippen molar-refractivity contribution in [2.24, 2.45) is 5.41 Å². The van der Waals surface area contributed by atoms with Gasteiger partial charge < -0.3 is 10.5 Å². The molecule has 1 saturated heterocycles. The molecular formula is C24H32Cl2F2N2O. The van der Waals surface area contributed by atoms with Crippen LogP contribution < -0.4 is 5.73 Å². The lowest BCUT2D eigenvalue weighted by Gasteiger charge is -2.61. The van der Waals surface area contributed by atoms with Crippen LogP contribution in [0, 0.1) is 17.0 Å². The Morgan fingerprint density at radius 1 is 1.06 bits per heavy atom. The second-order valence-corrected chi connectivity index (χ2v) is 9.19. The van der Waals surface area contributed by atoms with Gasteiger partial charge in [0.25, 0.3) is 0 Å². The second-order valence-electron chi connectivity index (χ2n) is 9.19. The molecule has 1 fully saturated rings. The Hall–Kier alpha value is -1.40. The molecule has 1 aliphatic heterocycles. The molecule has 7 heteroatoms. The molecule has 172 valence electrons. The van der Waals surface area contributed by atoms with Crippen LogP contribution in [-0.2, 0) is 23.2 Å². The van der Waals surface area contributed by atoms with Gasteiger partial charge in [-0.05, 0) is 54.1 Å². The molecule has 1 aliphatic carbocycles. The molecule has 0 spiro atoms. The average Bonchev–Trinajstić information content (AvgIpc) is 2.66. The van der Waals surface area contributed by atoms with E-state index in [2.05, 4.69) is 37.8 Å². The molecule has 0 unspecified atom stereocenters. The summed E-state index contributed by atoms with van der Waals surface area (Å²) in [6.07, 6.45) is 1.97. The quantitative estimate of drug-likeness (QED) is 0.459. The molecule has 1 heterocycles. The van der Waals surface area contributed by atoms with Gasteiger partial charge in [0.2, 0.25) is 0 Å². The van der Waals surface area contributed by atoms with Crippen LogP contribution in [0.25, 0.3) is 0 Å². The van der Waals surface area contributed by atoms with Crippen molar-refractivity contribution in [3.8, 4) is 0 Å². The zero-order valence-corrected chi connectivity index (χ0v) is 19.9. The number of ether oxygens (including phenoxy) is 1. The van der Waals surface area contributed by atoms with Crippen molar-refractivity contribution in [2.75, 3.05) is 25.4 Å². The number of nitrogens with two attached hydrogens (primary N) is 1. The summed E-state index contributed by atoms with van der Waals surface area (Å²) in [5.41, 5.74) is 10.0. The largest absolute Gasteiger partial charge is 0.398 e. The third-order valence-electron chi connectivity index (χ3n) is 7.63. The maximum Gasteiger partial charge on any atom is 0.131 e. The van der Waals surface area contributed by atoms with E-state index >= 15 is 0 Å². The maximum atomic E-state index is 13.8. The Morgan fingerprint density at radius 2 is 1.71 bits per heavy atom. The number of hydrogen-bond donors (Lipinski definition) is 1. The van der Waals surface area contributed by atoms with E-state index in [1.807, 2.05) is 6.07 Å². The third kappa shape index (κ3) is 4.30. The minimum absolute atomic E-state index is 0. The summed E-state index contributed by atoms with van der Waals surface area (Å²) in [7, 11) is 0. The number of hydrogen-bond acceptors (Lipinski definition) is 3. The fourth-order valence-electron chi connectivity index (χ4n) is 5.37. The normalized spacial score (nSPS) is 24.0. The fraction of sp³-hybridized carbons (Fsp3) is 0.500. The minimum Gasteiger partial charge on any atom is -0.398 e. The lowest BCUT2D eigenvalue weighted by molar-refractivity contribution is -0.0493. The summed E-state index contributed by atoms with van der Waals surface area (Å²) in [6.45, 7) is 9.18. The summed E-state index contributed by atoms with van der Waals surface area (Å²) < 4.78 is 33.2. The van der Waals surface area contributed by atoms with Crippen LogP contribution in [0.15, 0.2) is 36.4 Å². The summed E-state index contributed by atoms with van der Waals surface area (Å²) >= 11 is 0. The number of halogens is 4. The molecule has 2 aromatic carbocycles. The SMILES string of the molecule is CC1(C)[C@H]2Cc3c(N)cccc3[C@]1(C)CCN2CCOCc1c(F)cccc1F.Cl.Cl. The number of rotatable bonds is 5. The van der Waals surface area contributed by atoms with Crippen LogP contribution in [0.1, 0.15) is 43.9 Å². The second kappa shape index (κ2) is 9.62. The van der Waals surface area contributed by atoms with Gasteiger partial charge in [-0.2, -0.15) is 0 Å². The molecule has 4 rings (SSSR count). The van der Waals surface area contributed by atoms with Gasteiger partial charge in [-0.25, -0.2) is 8.78 Å². The first-order chi connectivity index (χ1) is 13.8. The van der Waals surface area contributed by atoms with E-state index in [0.717, 1.165) is 31.6 Å². The van der Waals surface area contributed by atoms with E-state index < -0.39 is 11.6 Å². The van der Waals surface area contributed by atoms with E-state index in [9.17, 15) is 8.78 Å². The molecule has 0 saturated carbocycles. The highest BCUT2D eigenvalue weighted by atomic mass is 35.5. The van der Waals surface area contributed by atoms with Crippen molar-refractivity contribution >= 4 is 30.5 Å². The molecule has 0 radical (unpaired) electrons. The van der Waals surface area contributed by atoms with Crippen LogP contribution in [0.3, 0.4) is 0 Å². The lowest BCUT2D eigenvalue weighted by Crippen LogP contribution is -2.64. The molecule has 31 heavy (non-hydrogen) atoms. The molecule has 2 aromatic rings. The number of nitrogen functional groups attached to an aromatic ring is 1. The Balaban J connectivity index is 0.00000171. The van der Waals surface area contributed by atoms with Gasteiger partial charge in [-0.1, -0.05) is 39.0 Å². The maximum absolute atomic E-state index is 13.8. The van der Waals surface area contributed by atoms with Gasteiger partial charge in [-0.15, -0.1) is 24.8 Å². The lowest BCUT2D eigenvalue weighted by atomic mass is 9.51. The van der Waals surface area contributed by atoms with Crippen LogP contribution in [0.2, 0.25) is 0 Å². The fourth-order valence-corrected chi connectivity index (χ4v) is 5.37. The summed E-state index contributed by atoms with van der Waals surface area (Å²) in [6, 6.07) is 10.6. The van der Waals surface area contributed by atoms with E-state index in [-0.39, 0.29) is 47.8 Å².